The van der Waals surface area contributed by atoms with Gasteiger partial charge < -0.3 is 9.84 Å². The maximum Gasteiger partial charge on any atom is 0.312 e. The Hall–Kier alpha value is -0.570. The van der Waals surface area contributed by atoms with Gasteiger partial charge in [-0.05, 0) is 43.9 Å². The van der Waals surface area contributed by atoms with Crippen LogP contribution in [-0.4, -0.2) is 22.8 Å². The minimum atomic E-state index is -0.504. The zero-order chi connectivity index (χ0) is 13.0. The standard InChI is InChI=1S/C14H24O3/c1-6-13(2,3)17-12(16)8-7-9-10(11(8)15)14(9,4)5/h8-11,15H,6-7H2,1-5H3/t8?,9-,10-,11?/m0/s1. The molecular weight excluding hydrogens is 216 g/mol. The smallest absolute Gasteiger partial charge is 0.312 e. The van der Waals surface area contributed by atoms with Crippen LogP contribution in [0.1, 0.15) is 47.5 Å². The highest BCUT2D eigenvalue weighted by atomic mass is 16.6. The molecule has 2 saturated carbocycles. The molecule has 3 heteroatoms. The third kappa shape index (κ3) is 1.99. The third-order valence-electron chi connectivity index (χ3n) is 4.96. The zero-order valence-corrected chi connectivity index (χ0v) is 11.5. The van der Waals surface area contributed by atoms with Crippen LogP contribution >= 0.6 is 0 Å². The van der Waals surface area contributed by atoms with Crippen molar-refractivity contribution in [3.05, 3.63) is 0 Å². The molecule has 2 unspecified atom stereocenters. The highest BCUT2D eigenvalue weighted by molar-refractivity contribution is 5.74. The molecule has 0 radical (unpaired) electrons. The summed E-state index contributed by atoms with van der Waals surface area (Å²) in [6.45, 7) is 10.2. The van der Waals surface area contributed by atoms with Gasteiger partial charge in [-0.25, -0.2) is 0 Å². The van der Waals surface area contributed by atoms with Gasteiger partial charge in [0, 0.05) is 0 Å². The molecule has 0 aromatic heterocycles. The van der Waals surface area contributed by atoms with Crippen molar-refractivity contribution in [3.8, 4) is 0 Å². The van der Waals surface area contributed by atoms with E-state index in [-0.39, 0.29) is 17.3 Å². The number of rotatable bonds is 3. The van der Waals surface area contributed by atoms with Crippen molar-refractivity contribution in [1.29, 1.82) is 0 Å². The van der Waals surface area contributed by atoms with E-state index < -0.39 is 11.7 Å². The fourth-order valence-electron chi connectivity index (χ4n) is 3.23. The summed E-state index contributed by atoms with van der Waals surface area (Å²) in [5.74, 6) is 0.278. The maximum atomic E-state index is 12.0. The van der Waals surface area contributed by atoms with Gasteiger partial charge in [0.25, 0.3) is 0 Å². The predicted octanol–water partition coefficient (Wildman–Crippen LogP) is 2.37. The Morgan fingerprint density at radius 2 is 2.06 bits per heavy atom. The SMILES string of the molecule is CCC(C)(C)OC(=O)C1C[C@H]2[C@@H](C1O)C2(C)C. The van der Waals surface area contributed by atoms with Gasteiger partial charge in [-0.3, -0.25) is 4.79 Å². The number of aliphatic hydroxyl groups is 1. The average molecular weight is 240 g/mol. The van der Waals surface area contributed by atoms with E-state index in [0.29, 0.717) is 11.8 Å². The molecule has 0 aromatic carbocycles. The Morgan fingerprint density at radius 1 is 1.47 bits per heavy atom. The molecule has 0 spiro atoms. The van der Waals surface area contributed by atoms with Crippen LogP contribution in [-0.2, 0) is 9.53 Å². The third-order valence-corrected chi connectivity index (χ3v) is 4.96. The first-order valence-electron chi connectivity index (χ1n) is 6.61. The lowest BCUT2D eigenvalue weighted by Gasteiger charge is -2.28. The molecule has 98 valence electrons. The van der Waals surface area contributed by atoms with E-state index in [1.54, 1.807) is 0 Å². The fraction of sp³-hybridized carbons (Fsp3) is 0.929. The van der Waals surface area contributed by atoms with E-state index in [1.807, 2.05) is 20.8 Å². The Bertz CT molecular complexity index is 332. The van der Waals surface area contributed by atoms with Gasteiger partial charge in [0.05, 0.1) is 12.0 Å². The van der Waals surface area contributed by atoms with Gasteiger partial charge in [-0.1, -0.05) is 20.8 Å². The van der Waals surface area contributed by atoms with Crippen molar-refractivity contribution in [1.82, 2.24) is 0 Å². The van der Waals surface area contributed by atoms with Crippen LogP contribution in [0, 0.1) is 23.2 Å². The van der Waals surface area contributed by atoms with Gasteiger partial charge in [0.2, 0.25) is 0 Å². The second-order valence-corrected chi connectivity index (χ2v) is 6.82. The Morgan fingerprint density at radius 3 is 2.47 bits per heavy atom. The van der Waals surface area contributed by atoms with Gasteiger partial charge in [0.15, 0.2) is 0 Å². The molecule has 0 heterocycles. The van der Waals surface area contributed by atoms with Gasteiger partial charge in [-0.2, -0.15) is 0 Å². The van der Waals surface area contributed by atoms with E-state index >= 15 is 0 Å². The summed E-state index contributed by atoms with van der Waals surface area (Å²) in [6.07, 6.45) is 1.08. The molecular formula is C14H24O3. The van der Waals surface area contributed by atoms with Crippen molar-refractivity contribution in [2.75, 3.05) is 0 Å². The largest absolute Gasteiger partial charge is 0.459 e. The van der Waals surface area contributed by atoms with Crippen molar-refractivity contribution in [3.63, 3.8) is 0 Å². The van der Waals surface area contributed by atoms with Gasteiger partial charge >= 0.3 is 5.97 Å². The Labute approximate surface area is 104 Å². The van der Waals surface area contributed by atoms with Crippen LogP contribution in [0.15, 0.2) is 0 Å². The van der Waals surface area contributed by atoms with E-state index in [2.05, 4.69) is 13.8 Å². The molecule has 2 fully saturated rings. The number of aliphatic hydroxyl groups excluding tert-OH is 1. The van der Waals surface area contributed by atoms with Crippen LogP contribution in [0.25, 0.3) is 0 Å². The zero-order valence-electron chi connectivity index (χ0n) is 11.5. The summed E-state index contributed by atoms with van der Waals surface area (Å²) in [5.41, 5.74) is -0.199. The molecule has 0 aromatic rings. The number of hydrogen-bond donors (Lipinski definition) is 1. The summed E-state index contributed by atoms with van der Waals surface area (Å²) in [4.78, 5) is 12.0. The predicted molar refractivity (Wildman–Crippen MR) is 65.3 cm³/mol. The summed E-state index contributed by atoms with van der Waals surface area (Å²) >= 11 is 0. The van der Waals surface area contributed by atoms with Crippen LogP contribution < -0.4 is 0 Å². The van der Waals surface area contributed by atoms with E-state index in [9.17, 15) is 9.90 Å². The van der Waals surface area contributed by atoms with E-state index in [0.717, 1.165) is 12.8 Å². The Balaban J connectivity index is 1.96. The molecule has 2 aliphatic carbocycles. The monoisotopic (exact) mass is 240 g/mol. The van der Waals surface area contributed by atoms with E-state index in [4.69, 9.17) is 4.74 Å². The number of carbonyl (C=O) groups excluding carboxylic acids is 1. The number of fused-ring (bicyclic) bond motifs is 1. The summed E-state index contributed by atoms with van der Waals surface area (Å²) in [5, 5.41) is 10.2. The minimum absolute atomic E-state index is 0.215. The highest BCUT2D eigenvalue weighted by Crippen LogP contribution is 2.68. The van der Waals surface area contributed by atoms with Crippen LogP contribution in [0.3, 0.4) is 0 Å². The molecule has 2 aliphatic rings. The number of ether oxygens (including phenoxy) is 1. The van der Waals surface area contributed by atoms with Crippen LogP contribution in [0.4, 0.5) is 0 Å². The second-order valence-electron chi connectivity index (χ2n) is 6.82. The maximum absolute atomic E-state index is 12.0. The van der Waals surface area contributed by atoms with Crippen molar-refractivity contribution >= 4 is 5.97 Å². The first-order chi connectivity index (χ1) is 7.70. The molecule has 17 heavy (non-hydrogen) atoms. The van der Waals surface area contributed by atoms with Gasteiger partial charge in [-0.15, -0.1) is 0 Å². The number of carbonyl (C=O) groups is 1. The summed E-state index contributed by atoms with van der Waals surface area (Å²) in [7, 11) is 0. The molecule has 3 nitrogen and oxygen atoms in total. The van der Waals surface area contributed by atoms with Crippen molar-refractivity contribution in [2.45, 2.75) is 59.2 Å². The van der Waals surface area contributed by atoms with E-state index in [1.165, 1.54) is 0 Å². The molecule has 4 atom stereocenters. The molecule has 1 N–H and O–H groups in total. The topological polar surface area (TPSA) is 46.5 Å². The van der Waals surface area contributed by atoms with Crippen LogP contribution in [0.5, 0.6) is 0 Å². The highest BCUT2D eigenvalue weighted by Gasteiger charge is 2.68. The first-order valence-corrected chi connectivity index (χ1v) is 6.61. The lowest BCUT2D eigenvalue weighted by Crippen LogP contribution is -2.36. The van der Waals surface area contributed by atoms with Crippen molar-refractivity contribution < 1.29 is 14.6 Å². The van der Waals surface area contributed by atoms with Crippen molar-refractivity contribution in [2.24, 2.45) is 23.2 Å². The molecule has 0 aliphatic heterocycles. The number of esters is 1. The Kier molecular flexibility index (Phi) is 2.81. The van der Waals surface area contributed by atoms with Crippen LogP contribution in [0.2, 0.25) is 0 Å². The lowest BCUT2D eigenvalue weighted by atomic mass is 9.91. The molecule has 0 amide bonds. The first kappa shape index (κ1) is 12.9. The lowest BCUT2D eigenvalue weighted by molar-refractivity contribution is -0.166. The molecule has 2 rings (SSSR count). The average Bonchev–Trinajstić information content (AvgIpc) is 2.55. The molecule has 0 saturated heterocycles. The van der Waals surface area contributed by atoms with Gasteiger partial charge in [0.1, 0.15) is 5.60 Å². The normalized spacial score (nSPS) is 38.7. The number of hydrogen-bond acceptors (Lipinski definition) is 3. The quantitative estimate of drug-likeness (QED) is 0.770. The summed E-state index contributed by atoms with van der Waals surface area (Å²) < 4.78 is 5.48. The minimum Gasteiger partial charge on any atom is -0.459 e. The second kappa shape index (κ2) is 3.71. The molecule has 0 bridgehead atoms. The fourth-order valence-corrected chi connectivity index (χ4v) is 3.23. The summed E-state index contributed by atoms with van der Waals surface area (Å²) in [6, 6.07) is 0.